The number of carbonyl (C=O) groups excluding carboxylic acids is 1. The molecule has 0 spiro atoms. The topological polar surface area (TPSA) is 89.0 Å². The van der Waals surface area contributed by atoms with E-state index < -0.39 is 0 Å². The van der Waals surface area contributed by atoms with Crippen molar-refractivity contribution in [1.29, 1.82) is 0 Å². The summed E-state index contributed by atoms with van der Waals surface area (Å²) in [6, 6.07) is 12.1. The lowest BCUT2D eigenvalue weighted by Gasteiger charge is -2.35. The van der Waals surface area contributed by atoms with Gasteiger partial charge < -0.3 is 20.3 Å². The number of amides is 1. The summed E-state index contributed by atoms with van der Waals surface area (Å²) in [5.74, 6) is 0.868. The number of hydrogen-bond acceptors (Lipinski definition) is 6. The molecule has 0 bridgehead atoms. The third-order valence-electron chi connectivity index (χ3n) is 5.03. The van der Waals surface area contributed by atoms with E-state index in [9.17, 15) is 4.79 Å². The Hall–Kier alpha value is -3.13. The average molecular weight is 394 g/mol. The third kappa shape index (κ3) is 4.02. The average Bonchev–Trinajstić information content (AvgIpc) is 3.16. The maximum absolute atomic E-state index is 12.1. The number of benzene rings is 1. The Kier molecular flexibility index (Phi) is 5.35. The second-order valence-electron chi connectivity index (χ2n) is 7.41. The first-order valence-corrected chi connectivity index (χ1v) is 9.90. The summed E-state index contributed by atoms with van der Waals surface area (Å²) < 4.78 is 7.16. The minimum atomic E-state index is -0.249. The van der Waals surface area contributed by atoms with Gasteiger partial charge in [0.25, 0.3) is 0 Å². The molecule has 8 heteroatoms. The molecular formula is C21H26N6O2. The number of aromatic nitrogens is 3. The number of anilines is 1. The van der Waals surface area contributed by atoms with Crippen LogP contribution in [0.5, 0.6) is 0 Å². The molecule has 0 unspecified atom stereocenters. The lowest BCUT2D eigenvalue weighted by Crippen LogP contribution is -2.49. The highest BCUT2D eigenvalue weighted by Gasteiger charge is 2.24. The van der Waals surface area contributed by atoms with Gasteiger partial charge in [-0.2, -0.15) is 0 Å². The number of ether oxygens (including phenoxy) is 1. The fourth-order valence-corrected chi connectivity index (χ4v) is 3.44. The molecule has 4 rings (SSSR count). The molecule has 3 heterocycles. The summed E-state index contributed by atoms with van der Waals surface area (Å²) in [6.07, 6.45) is 1.48. The minimum Gasteiger partial charge on any atom is -0.447 e. The maximum atomic E-state index is 12.1. The molecule has 0 radical (unpaired) electrons. The summed E-state index contributed by atoms with van der Waals surface area (Å²) in [6.45, 7) is 6.89. The zero-order chi connectivity index (χ0) is 20.4. The Morgan fingerprint density at radius 1 is 1.10 bits per heavy atom. The van der Waals surface area contributed by atoms with Gasteiger partial charge in [0.2, 0.25) is 0 Å². The Balaban J connectivity index is 1.53. The number of carbonyl (C=O) groups is 1. The predicted molar refractivity (Wildman–Crippen MR) is 112 cm³/mol. The van der Waals surface area contributed by atoms with Gasteiger partial charge in [-0.05, 0) is 31.5 Å². The highest BCUT2D eigenvalue weighted by Crippen LogP contribution is 2.23. The van der Waals surface area contributed by atoms with E-state index in [-0.39, 0.29) is 12.2 Å². The molecule has 1 aliphatic heterocycles. The molecule has 3 aromatic rings. The number of fused-ring (bicyclic) bond motifs is 1. The summed E-state index contributed by atoms with van der Waals surface area (Å²) >= 11 is 0. The number of hydrogen-bond donors (Lipinski definition) is 1. The van der Waals surface area contributed by atoms with Gasteiger partial charge in [0.15, 0.2) is 5.65 Å². The third-order valence-corrected chi connectivity index (χ3v) is 5.03. The van der Waals surface area contributed by atoms with E-state index in [2.05, 4.69) is 9.88 Å². The largest absolute Gasteiger partial charge is 0.447 e. The van der Waals surface area contributed by atoms with Crippen LogP contribution in [0.4, 0.5) is 10.6 Å². The SMILES string of the molecule is CC(C)OC(=O)N1CCN(c2ccc3ncc(-c4ccc(CN)cc4)n3n2)CC1. The van der Waals surface area contributed by atoms with Crippen LogP contribution in [0, 0.1) is 0 Å². The van der Waals surface area contributed by atoms with E-state index in [0.717, 1.165) is 28.3 Å². The lowest BCUT2D eigenvalue weighted by molar-refractivity contribution is 0.0751. The van der Waals surface area contributed by atoms with E-state index in [4.69, 9.17) is 15.6 Å². The van der Waals surface area contributed by atoms with Gasteiger partial charge in [-0.25, -0.2) is 14.3 Å². The van der Waals surface area contributed by atoms with Crippen molar-refractivity contribution in [3.63, 3.8) is 0 Å². The summed E-state index contributed by atoms with van der Waals surface area (Å²) in [4.78, 5) is 20.5. The maximum Gasteiger partial charge on any atom is 0.410 e. The van der Waals surface area contributed by atoms with Crippen LogP contribution in [0.1, 0.15) is 19.4 Å². The van der Waals surface area contributed by atoms with Gasteiger partial charge in [0, 0.05) is 38.3 Å². The summed E-state index contributed by atoms with van der Waals surface area (Å²) in [5.41, 5.74) is 9.56. The van der Waals surface area contributed by atoms with Gasteiger partial charge in [0.05, 0.1) is 18.0 Å². The fraction of sp³-hybridized carbons (Fsp3) is 0.381. The summed E-state index contributed by atoms with van der Waals surface area (Å²) in [7, 11) is 0. The van der Waals surface area contributed by atoms with Gasteiger partial charge in [-0.3, -0.25) is 0 Å². The highest BCUT2D eigenvalue weighted by molar-refractivity contribution is 5.68. The standard InChI is InChI=1S/C21H26N6O2/c1-15(2)29-21(28)26-11-9-25(10-12-26)20-8-7-19-23-14-18(27(19)24-20)17-5-3-16(13-22)4-6-17/h3-8,14-15H,9-13,22H2,1-2H3. The number of rotatable bonds is 4. The number of nitrogens with two attached hydrogens (primary N) is 1. The van der Waals surface area contributed by atoms with Crippen LogP contribution in [0.2, 0.25) is 0 Å². The molecule has 1 aromatic carbocycles. The monoisotopic (exact) mass is 394 g/mol. The molecule has 0 saturated carbocycles. The normalized spacial score (nSPS) is 14.6. The fourth-order valence-electron chi connectivity index (χ4n) is 3.44. The first kappa shape index (κ1) is 19.2. The lowest BCUT2D eigenvalue weighted by atomic mass is 10.1. The second kappa shape index (κ2) is 8.08. The van der Waals surface area contributed by atoms with Crippen molar-refractivity contribution in [1.82, 2.24) is 19.5 Å². The molecule has 2 N–H and O–H groups in total. The van der Waals surface area contributed by atoms with Gasteiger partial charge in [-0.15, -0.1) is 5.10 Å². The zero-order valence-corrected chi connectivity index (χ0v) is 16.8. The van der Waals surface area contributed by atoms with Crippen LogP contribution in [-0.2, 0) is 11.3 Å². The molecule has 1 fully saturated rings. The Morgan fingerprint density at radius 2 is 1.83 bits per heavy atom. The van der Waals surface area contributed by atoms with E-state index >= 15 is 0 Å². The predicted octanol–water partition coefficient (Wildman–Crippen LogP) is 2.52. The van der Waals surface area contributed by atoms with E-state index in [1.54, 1.807) is 4.90 Å². The van der Waals surface area contributed by atoms with Crippen molar-refractivity contribution in [3.8, 4) is 11.3 Å². The number of imidazole rings is 1. The van der Waals surface area contributed by atoms with Crippen molar-refractivity contribution in [2.45, 2.75) is 26.5 Å². The van der Waals surface area contributed by atoms with E-state index in [0.29, 0.717) is 32.7 Å². The van der Waals surface area contributed by atoms with Crippen LogP contribution in [-0.4, -0.2) is 57.9 Å². The first-order valence-electron chi connectivity index (χ1n) is 9.90. The number of piperazine rings is 1. The number of nitrogens with zero attached hydrogens (tertiary/aromatic N) is 5. The van der Waals surface area contributed by atoms with Crippen LogP contribution >= 0.6 is 0 Å². The zero-order valence-electron chi connectivity index (χ0n) is 16.8. The molecule has 2 aromatic heterocycles. The Labute approximate surface area is 169 Å². The van der Waals surface area contributed by atoms with Crippen LogP contribution in [0.15, 0.2) is 42.6 Å². The molecule has 0 aliphatic carbocycles. The van der Waals surface area contributed by atoms with E-state index in [1.807, 2.05) is 61.0 Å². The van der Waals surface area contributed by atoms with Crippen molar-refractivity contribution in [2.75, 3.05) is 31.1 Å². The Bertz CT molecular complexity index is 990. The molecule has 1 amide bonds. The van der Waals surface area contributed by atoms with Gasteiger partial charge >= 0.3 is 6.09 Å². The smallest absolute Gasteiger partial charge is 0.410 e. The van der Waals surface area contributed by atoms with E-state index in [1.165, 1.54) is 0 Å². The molecule has 29 heavy (non-hydrogen) atoms. The van der Waals surface area contributed by atoms with Crippen LogP contribution in [0.25, 0.3) is 16.9 Å². The first-order chi connectivity index (χ1) is 14.0. The second-order valence-corrected chi connectivity index (χ2v) is 7.41. The van der Waals surface area contributed by atoms with Crippen LogP contribution in [0.3, 0.4) is 0 Å². The van der Waals surface area contributed by atoms with Gasteiger partial charge in [0.1, 0.15) is 5.82 Å². The van der Waals surface area contributed by atoms with Crippen molar-refractivity contribution in [2.24, 2.45) is 5.73 Å². The molecular weight excluding hydrogens is 368 g/mol. The highest BCUT2D eigenvalue weighted by atomic mass is 16.6. The molecule has 8 nitrogen and oxygen atoms in total. The quantitative estimate of drug-likeness (QED) is 0.731. The van der Waals surface area contributed by atoms with Gasteiger partial charge in [-0.1, -0.05) is 24.3 Å². The molecule has 1 aliphatic rings. The van der Waals surface area contributed by atoms with Crippen molar-refractivity contribution >= 4 is 17.6 Å². The van der Waals surface area contributed by atoms with Crippen molar-refractivity contribution < 1.29 is 9.53 Å². The molecule has 152 valence electrons. The molecule has 0 atom stereocenters. The van der Waals surface area contributed by atoms with Crippen LogP contribution < -0.4 is 10.6 Å². The summed E-state index contributed by atoms with van der Waals surface area (Å²) in [5, 5.41) is 4.82. The minimum absolute atomic E-state index is 0.108. The van der Waals surface area contributed by atoms with Crippen molar-refractivity contribution in [3.05, 3.63) is 48.2 Å². The molecule has 1 saturated heterocycles. The Morgan fingerprint density at radius 3 is 2.48 bits per heavy atom.